The number of amides is 1. The van der Waals surface area contributed by atoms with Gasteiger partial charge in [-0.1, -0.05) is 18.2 Å². The largest absolute Gasteiger partial charge is 0.370 e. The highest BCUT2D eigenvalue weighted by Gasteiger charge is 2.52. The Morgan fingerprint density at radius 2 is 1.79 bits per heavy atom. The van der Waals surface area contributed by atoms with E-state index in [2.05, 4.69) is 15.5 Å². The number of benzene rings is 1. The Morgan fingerprint density at radius 3 is 2.43 bits per heavy atom. The number of hydrogen-bond donors (Lipinski definition) is 2. The molecule has 1 aromatic heterocycles. The zero-order chi connectivity index (χ0) is 19.3. The average molecular weight is 381 g/mol. The van der Waals surface area contributed by atoms with E-state index in [0.717, 1.165) is 17.8 Å². The zero-order valence-electron chi connectivity index (χ0n) is 16.2. The summed E-state index contributed by atoms with van der Waals surface area (Å²) in [4.78, 5) is 24.6. The predicted octanol–water partition coefficient (Wildman–Crippen LogP) is 3.03. The van der Waals surface area contributed by atoms with Crippen LogP contribution >= 0.6 is 0 Å². The summed E-state index contributed by atoms with van der Waals surface area (Å²) in [6, 6.07) is 7.03. The Kier molecular flexibility index (Phi) is 4.27. The molecule has 148 valence electrons. The Morgan fingerprint density at radius 1 is 1.18 bits per heavy atom. The van der Waals surface area contributed by atoms with E-state index in [1.165, 1.54) is 38.5 Å². The Bertz CT molecular complexity index is 932. The number of nitrogens with one attached hydrogen (secondary N) is 2. The molecule has 2 aromatic rings. The van der Waals surface area contributed by atoms with Crippen molar-refractivity contribution in [2.24, 2.45) is 17.8 Å². The third-order valence-corrected chi connectivity index (χ3v) is 6.89. The standard InChI is InChI=1S/C22H27N3O3/c1-13(28-22-9-14-6-15(10-22)8-16(7-14)11-22)12-23-21(27)19-17-4-2-3-5-18(17)20(26)25-24-19/h2-5,13-16H,6-12H2,1H3,(H,23,27)(H,25,26). The fourth-order valence-electron chi connectivity index (χ4n) is 6.25. The minimum Gasteiger partial charge on any atom is -0.370 e. The SMILES string of the molecule is CC(CNC(=O)c1n[nH]c(=O)c2ccccc12)OC12CC3CC(CC(C3)C1)C2. The van der Waals surface area contributed by atoms with Crippen LogP contribution in [0.15, 0.2) is 29.1 Å². The fourth-order valence-corrected chi connectivity index (χ4v) is 6.25. The molecule has 28 heavy (non-hydrogen) atoms. The molecule has 6 heteroatoms. The van der Waals surface area contributed by atoms with Crippen LogP contribution in [0.3, 0.4) is 0 Å². The number of aromatic amines is 1. The molecular weight excluding hydrogens is 354 g/mol. The number of carbonyl (C=O) groups is 1. The molecule has 4 bridgehead atoms. The van der Waals surface area contributed by atoms with Gasteiger partial charge in [-0.25, -0.2) is 5.10 Å². The first-order valence-corrected chi connectivity index (χ1v) is 10.4. The van der Waals surface area contributed by atoms with Crippen LogP contribution in [0.5, 0.6) is 0 Å². The minimum absolute atomic E-state index is 0.0296. The molecule has 0 radical (unpaired) electrons. The fraction of sp³-hybridized carbons (Fsp3) is 0.591. The number of fused-ring (bicyclic) bond motifs is 1. The van der Waals surface area contributed by atoms with Gasteiger partial charge >= 0.3 is 0 Å². The van der Waals surface area contributed by atoms with Crippen molar-refractivity contribution in [2.75, 3.05) is 6.54 Å². The van der Waals surface area contributed by atoms with E-state index in [-0.39, 0.29) is 28.9 Å². The van der Waals surface area contributed by atoms with Crippen molar-refractivity contribution in [3.63, 3.8) is 0 Å². The van der Waals surface area contributed by atoms with Crippen molar-refractivity contribution in [3.05, 3.63) is 40.3 Å². The normalized spacial score (nSPS) is 31.8. The molecule has 6 rings (SSSR count). The number of nitrogens with zero attached hydrogens (tertiary/aromatic N) is 1. The highest BCUT2D eigenvalue weighted by molar-refractivity contribution is 6.04. The molecular formula is C22H27N3O3. The maximum absolute atomic E-state index is 12.7. The van der Waals surface area contributed by atoms with Gasteiger partial charge in [0.1, 0.15) is 0 Å². The second-order valence-corrected chi connectivity index (χ2v) is 9.19. The van der Waals surface area contributed by atoms with E-state index >= 15 is 0 Å². The molecule has 0 aliphatic heterocycles. The molecule has 6 nitrogen and oxygen atoms in total. The van der Waals surface area contributed by atoms with Crippen LogP contribution in [0, 0.1) is 17.8 Å². The minimum atomic E-state index is -0.286. The first-order chi connectivity index (χ1) is 13.5. The summed E-state index contributed by atoms with van der Waals surface area (Å²) in [5, 5.41) is 10.4. The summed E-state index contributed by atoms with van der Waals surface area (Å²) in [5.41, 5.74) is -0.00942. The lowest BCUT2D eigenvalue weighted by Crippen LogP contribution is -2.54. The summed E-state index contributed by atoms with van der Waals surface area (Å²) in [5.74, 6) is 2.23. The molecule has 4 fully saturated rings. The lowest BCUT2D eigenvalue weighted by molar-refractivity contribution is -0.182. The number of rotatable bonds is 5. The topological polar surface area (TPSA) is 84.1 Å². The molecule has 1 aromatic carbocycles. The molecule has 1 atom stereocenters. The summed E-state index contributed by atoms with van der Waals surface area (Å²) < 4.78 is 6.55. The number of carbonyl (C=O) groups excluding carboxylic acids is 1. The third kappa shape index (κ3) is 3.13. The Balaban J connectivity index is 1.25. The molecule has 1 amide bonds. The van der Waals surface area contributed by atoms with Gasteiger partial charge in [-0.05, 0) is 69.3 Å². The first-order valence-electron chi connectivity index (χ1n) is 10.4. The lowest BCUT2D eigenvalue weighted by Gasteiger charge is -2.57. The highest BCUT2D eigenvalue weighted by Crippen LogP contribution is 2.57. The van der Waals surface area contributed by atoms with Gasteiger partial charge in [0.25, 0.3) is 11.5 Å². The van der Waals surface area contributed by atoms with Gasteiger partial charge in [-0.2, -0.15) is 5.10 Å². The number of aromatic nitrogens is 2. The van der Waals surface area contributed by atoms with E-state index < -0.39 is 0 Å². The predicted molar refractivity (Wildman–Crippen MR) is 106 cm³/mol. The third-order valence-electron chi connectivity index (χ3n) is 6.89. The van der Waals surface area contributed by atoms with E-state index in [1.807, 2.05) is 6.92 Å². The lowest BCUT2D eigenvalue weighted by atomic mass is 9.54. The second-order valence-electron chi connectivity index (χ2n) is 9.19. The summed E-state index contributed by atoms with van der Waals surface area (Å²) in [6.45, 7) is 2.48. The van der Waals surface area contributed by atoms with Gasteiger partial charge in [-0.3, -0.25) is 9.59 Å². The monoisotopic (exact) mass is 381 g/mol. The summed E-state index contributed by atoms with van der Waals surface area (Å²) >= 11 is 0. The highest BCUT2D eigenvalue weighted by atomic mass is 16.5. The second kappa shape index (κ2) is 6.69. The smallest absolute Gasteiger partial charge is 0.272 e. The molecule has 2 N–H and O–H groups in total. The van der Waals surface area contributed by atoms with Crippen LogP contribution in [0.25, 0.3) is 10.8 Å². The molecule has 1 unspecified atom stereocenters. The van der Waals surface area contributed by atoms with Gasteiger partial charge in [-0.15, -0.1) is 0 Å². The Labute approximate surface area is 164 Å². The van der Waals surface area contributed by atoms with Crippen molar-refractivity contribution in [3.8, 4) is 0 Å². The number of ether oxygens (including phenoxy) is 1. The van der Waals surface area contributed by atoms with Crippen LogP contribution in [0.4, 0.5) is 0 Å². The van der Waals surface area contributed by atoms with Gasteiger partial charge in [0.05, 0.1) is 17.1 Å². The van der Waals surface area contributed by atoms with Crippen molar-refractivity contribution >= 4 is 16.7 Å². The van der Waals surface area contributed by atoms with Gasteiger partial charge in [0.15, 0.2) is 5.69 Å². The number of hydrogen-bond acceptors (Lipinski definition) is 4. The van der Waals surface area contributed by atoms with E-state index in [9.17, 15) is 9.59 Å². The van der Waals surface area contributed by atoms with Crippen molar-refractivity contribution in [2.45, 2.75) is 57.2 Å². The van der Waals surface area contributed by atoms with Gasteiger partial charge < -0.3 is 10.1 Å². The molecule has 4 aliphatic carbocycles. The maximum Gasteiger partial charge on any atom is 0.272 e. The maximum atomic E-state index is 12.7. The first kappa shape index (κ1) is 17.9. The van der Waals surface area contributed by atoms with E-state index in [1.54, 1.807) is 24.3 Å². The van der Waals surface area contributed by atoms with E-state index in [4.69, 9.17) is 4.74 Å². The molecule has 4 aliphatic rings. The van der Waals surface area contributed by atoms with E-state index in [0.29, 0.717) is 17.3 Å². The van der Waals surface area contributed by atoms with Gasteiger partial charge in [0, 0.05) is 11.9 Å². The van der Waals surface area contributed by atoms with Crippen molar-refractivity contribution in [1.82, 2.24) is 15.5 Å². The Hall–Kier alpha value is -2.21. The summed E-state index contributed by atoms with van der Waals surface area (Å²) in [7, 11) is 0. The van der Waals surface area contributed by atoms with Crippen LogP contribution < -0.4 is 10.9 Å². The molecule has 0 saturated heterocycles. The quantitative estimate of drug-likeness (QED) is 0.834. The molecule has 0 spiro atoms. The molecule has 1 heterocycles. The zero-order valence-corrected chi connectivity index (χ0v) is 16.2. The van der Waals surface area contributed by atoms with Gasteiger partial charge in [0.2, 0.25) is 0 Å². The van der Waals surface area contributed by atoms with Crippen molar-refractivity contribution < 1.29 is 9.53 Å². The molecule has 4 saturated carbocycles. The van der Waals surface area contributed by atoms with Crippen molar-refractivity contribution in [1.29, 1.82) is 0 Å². The average Bonchev–Trinajstić information content (AvgIpc) is 2.65. The van der Waals surface area contributed by atoms with Crippen LogP contribution in [0.1, 0.15) is 55.9 Å². The van der Waals surface area contributed by atoms with Crippen LogP contribution in [-0.4, -0.2) is 34.4 Å². The number of H-pyrrole nitrogens is 1. The summed E-state index contributed by atoms with van der Waals surface area (Å²) in [6.07, 6.45) is 7.67. The van der Waals surface area contributed by atoms with Crippen LogP contribution in [-0.2, 0) is 4.74 Å². The van der Waals surface area contributed by atoms with Crippen LogP contribution in [0.2, 0.25) is 0 Å².